The average molecular weight is 526 g/mol. The van der Waals surface area contributed by atoms with Gasteiger partial charge in [0.05, 0.1) is 18.4 Å². The summed E-state index contributed by atoms with van der Waals surface area (Å²) in [6, 6.07) is 11.5. The first-order valence-electron chi connectivity index (χ1n) is 13.1. The van der Waals surface area contributed by atoms with Gasteiger partial charge in [-0.1, -0.05) is 18.2 Å². The molecule has 2 unspecified atom stereocenters. The number of hydrogen-bond acceptors (Lipinski definition) is 4. The number of piperidine rings is 1. The van der Waals surface area contributed by atoms with E-state index in [-0.39, 0.29) is 29.5 Å². The van der Waals surface area contributed by atoms with Crippen molar-refractivity contribution < 1.29 is 27.4 Å². The van der Waals surface area contributed by atoms with Crippen molar-refractivity contribution in [3.63, 3.8) is 0 Å². The van der Waals surface area contributed by atoms with E-state index >= 15 is 0 Å². The summed E-state index contributed by atoms with van der Waals surface area (Å²) in [5.41, 5.74) is 9.48. The molecular formula is C29H30F3N3O3. The average Bonchev–Trinajstić information content (AvgIpc) is 3.59. The summed E-state index contributed by atoms with van der Waals surface area (Å²) >= 11 is 0. The maximum Gasteiger partial charge on any atom is 0.387 e. The lowest BCUT2D eigenvalue weighted by Crippen LogP contribution is -2.46. The van der Waals surface area contributed by atoms with Gasteiger partial charge in [0.25, 0.3) is 0 Å². The summed E-state index contributed by atoms with van der Waals surface area (Å²) in [6.07, 6.45) is 7.46. The van der Waals surface area contributed by atoms with Crippen LogP contribution >= 0.6 is 0 Å². The third kappa shape index (κ3) is 4.75. The summed E-state index contributed by atoms with van der Waals surface area (Å²) in [5.74, 6) is -0.521. The lowest BCUT2D eigenvalue weighted by atomic mass is 9.97. The minimum atomic E-state index is -2.91. The van der Waals surface area contributed by atoms with Gasteiger partial charge in [-0.3, -0.25) is 4.79 Å². The molecule has 2 saturated heterocycles. The quantitative estimate of drug-likeness (QED) is 0.353. The molecule has 3 heterocycles. The molecule has 2 aromatic carbocycles. The molecule has 2 aliphatic heterocycles. The van der Waals surface area contributed by atoms with Gasteiger partial charge in [-0.2, -0.15) is 8.78 Å². The fourth-order valence-electron chi connectivity index (χ4n) is 6.22. The van der Waals surface area contributed by atoms with Gasteiger partial charge in [0, 0.05) is 46.2 Å². The number of amides is 1. The van der Waals surface area contributed by atoms with Gasteiger partial charge in [-0.15, -0.1) is 0 Å². The number of carbonyl (C=O) groups excluding carboxylic acids is 1. The molecule has 1 saturated carbocycles. The number of nitrogens with zero attached hydrogens (tertiary/aromatic N) is 1. The van der Waals surface area contributed by atoms with Gasteiger partial charge >= 0.3 is 6.61 Å². The molecule has 1 aromatic heterocycles. The predicted molar refractivity (Wildman–Crippen MR) is 137 cm³/mol. The molecule has 200 valence electrons. The number of para-hydroxylation sites is 1. The summed E-state index contributed by atoms with van der Waals surface area (Å²) in [5, 5.41) is 0. The Morgan fingerprint density at radius 3 is 2.45 bits per heavy atom. The minimum absolute atomic E-state index is 0.000866. The smallest absolute Gasteiger partial charge is 0.387 e. The van der Waals surface area contributed by atoms with Gasteiger partial charge in [0.15, 0.2) is 0 Å². The zero-order valence-electron chi connectivity index (χ0n) is 20.8. The second-order valence-corrected chi connectivity index (χ2v) is 10.5. The normalized spacial score (nSPS) is 22.7. The molecule has 6 nitrogen and oxygen atoms in total. The zero-order chi connectivity index (χ0) is 26.4. The number of halogens is 3. The number of alkyl halides is 2. The van der Waals surface area contributed by atoms with Crippen LogP contribution in [-0.2, 0) is 11.3 Å². The van der Waals surface area contributed by atoms with Gasteiger partial charge in [-0.25, -0.2) is 4.39 Å². The Labute approximate surface area is 218 Å². The zero-order valence-corrected chi connectivity index (χ0v) is 20.8. The molecule has 0 radical (unpaired) electrons. The fourth-order valence-corrected chi connectivity index (χ4v) is 6.22. The van der Waals surface area contributed by atoms with E-state index in [9.17, 15) is 18.0 Å². The molecule has 0 spiro atoms. The first-order chi connectivity index (χ1) is 18.4. The maximum atomic E-state index is 14.9. The minimum Gasteiger partial charge on any atom is -0.434 e. The number of rotatable bonds is 9. The second-order valence-electron chi connectivity index (χ2n) is 10.5. The van der Waals surface area contributed by atoms with E-state index in [1.54, 1.807) is 30.3 Å². The third-order valence-electron chi connectivity index (χ3n) is 8.06. The number of anilines is 1. The number of carbonyl (C=O) groups is 1. The van der Waals surface area contributed by atoms with Crippen molar-refractivity contribution in [3.05, 3.63) is 71.3 Å². The Balaban J connectivity index is 1.20. The standard InChI is InChI=1S/C29H30F3N3O3/c30-24-11-17(28(33)36)7-10-25(24)35-18-8-9-19(35)13-20(12-18)37-15-23-22(14-34-27(23)16-5-6-16)21-3-1-2-4-26(21)38-29(31)32/h1-4,7,10-11,14,16,18-20,29,34H,5-6,8-9,12-13,15H2,(H2,33,36). The van der Waals surface area contributed by atoms with Crippen LogP contribution < -0.4 is 15.4 Å². The van der Waals surface area contributed by atoms with Gasteiger partial charge in [0.2, 0.25) is 5.91 Å². The molecule has 3 aromatic rings. The summed E-state index contributed by atoms with van der Waals surface area (Å²) in [6.45, 7) is -2.55. The highest BCUT2D eigenvalue weighted by Crippen LogP contribution is 2.46. The number of nitrogens with two attached hydrogens (primary N) is 1. The number of primary amides is 1. The Morgan fingerprint density at radius 1 is 1.05 bits per heavy atom. The van der Waals surface area contributed by atoms with Crippen LogP contribution in [0.1, 0.15) is 66.1 Å². The number of benzene rings is 2. The molecule has 2 bridgehead atoms. The van der Waals surface area contributed by atoms with Crippen LogP contribution in [0.25, 0.3) is 11.1 Å². The summed E-state index contributed by atoms with van der Waals surface area (Å²) < 4.78 is 52.3. The number of aromatic nitrogens is 1. The van der Waals surface area contributed by atoms with E-state index in [2.05, 4.69) is 9.88 Å². The van der Waals surface area contributed by atoms with Crippen molar-refractivity contribution in [3.8, 4) is 16.9 Å². The molecule has 1 aliphatic carbocycles. The van der Waals surface area contributed by atoms with E-state index in [0.717, 1.165) is 55.3 Å². The SMILES string of the molecule is NC(=O)c1ccc(N2C3CCC2CC(OCc2c(-c4ccccc4OC(F)F)c[nH]c2C2CC2)C3)c(F)c1. The molecule has 3 fully saturated rings. The molecule has 3 N–H and O–H groups in total. The third-order valence-corrected chi connectivity index (χ3v) is 8.06. The second kappa shape index (κ2) is 10.0. The van der Waals surface area contributed by atoms with Crippen LogP contribution in [0.2, 0.25) is 0 Å². The van der Waals surface area contributed by atoms with Gasteiger partial charge in [0.1, 0.15) is 11.6 Å². The van der Waals surface area contributed by atoms with Crippen LogP contribution in [0.5, 0.6) is 5.75 Å². The molecule has 2 atom stereocenters. The number of H-pyrrole nitrogens is 1. The monoisotopic (exact) mass is 525 g/mol. The molecule has 6 rings (SSSR count). The molecule has 3 aliphatic rings. The summed E-state index contributed by atoms with van der Waals surface area (Å²) in [7, 11) is 0. The van der Waals surface area contributed by atoms with Crippen LogP contribution in [0.3, 0.4) is 0 Å². The van der Waals surface area contributed by atoms with Crippen LogP contribution in [-0.4, -0.2) is 35.7 Å². The van der Waals surface area contributed by atoms with Crippen LogP contribution in [0.15, 0.2) is 48.7 Å². The fraction of sp³-hybridized carbons (Fsp3) is 0.414. The largest absolute Gasteiger partial charge is 0.434 e. The molecular weight excluding hydrogens is 495 g/mol. The van der Waals surface area contributed by atoms with E-state index in [1.807, 2.05) is 12.3 Å². The van der Waals surface area contributed by atoms with Crippen LogP contribution in [0, 0.1) is 5.82 Å². The van der Waals surface area contributed by atoms with Crippen molar-refractivity contribution in [1.82, 2.24) is 4.98 Å². The Bertz CT molecular complexity index is 1330. The van der Waals surface area contributed by atoms with Crippen molar-refractivity contribution in [2.24, 2.45) is 5.73 Å². The first-order valence-corrected chi connectivity index (χ1v) is 13.1. The van der Waals surface area contributed by atoms with Crippen molar-refractivity contribution in [2.75, 3.05) is 4.90 Å². The molecule has 9 heteroatoms. The highest BCUT2D eigenvalue weighted by molar-refractivity contribution is 5.93. The highest BCUT2D eigenvalue weighted by atomic mass is 19.3. The number of nitrogens with one attached hydrogen (secondary N) is 1. The number of hydrogen-bond donors (Lipinski definition) is 2. The number of fused-ring (bicyclic) bond motifs is 2. The maximum absolute atomic E-state index is 14.9. The topological polar surface area (TPSA) is 80.6 Å². The first kappa shape index (κ1) is 24.9. The van der Waals surface area contributed by atoms with E-state index in [4.69, 9.17) is 15.2 Å². The van der Waals surface area contributed by atoms with Gasteiger partial charge < -0.3 is 25.1 Å². The predicted octanol–water partition coefficient (Wildman–Crippen LogP) is 6.12. The lowest BCUT2D eigenvalue weighted by molar-refractivity contribution is -0.0494. The van der Waals surface area contributed by atoms with E-state index in [1.165, 1.54) is 6.07 Å². The van der Waals surface area contributed by atoms with E-state index < -0.39 is 18.3 Å². The van der Waals surface area contributed by atoms with E-state index in [0.29, 0.717) is 23.8 Å². The van der Waals surface area contributed by atoms with Crippen molar-refractivity contribution in [1.29, 1.82) is 0 Å². The number of ether oxygens (including phenoxy) is 2. The van der Waals surface area contributed by atoms with Crippen molar-refractivity contribution >= 4 is 11.6 Å². The Morgan fingerprint density at radius 2 is 1.79 bits per heavy atom. The Kier molecular flexibility index (Phi) is 6.55. The lowest BCUT2D eigenvalue weighted by Gasteiger charge is -2.40. The Hall–Kier alpha value is -3.46. The molecule has 1 amide bonds. The highest BCUT2D eigenvalue weighted by Gasteiger charge is 2.42. The van der Waals surface area contributed by atoms with Gasteiger partial charge in [-0.05, 0) is 68.7 Å². The van der Waals surface area contributed by atoms with Crippen LogP contribution in [0.4, 0.5) is 18.9 Å². The molecule has 38 heavy (non-hydrogen) atoms. The summed E-state index contributed by atoms with van der Waals surface area (Å²) in [4.78, 5) is 16.9. The van der Waals surface area contributed by atoms with Crippen molar-refractivity contribution in [2.45, 2.75) is 75.8 Å². The number of aromatic amines is 1.